The van der Waals surface area contributed by atoms with Crippen molar-refractivity contribution in [2.24, 2.45) is 5.92 Å². The van der Waals surface area contributed by atoms with Gasteiger partial charge in [-0.3, -0.25) is 14.5 Å². The van der Waals surface area contributed by atoms with Crippen LogP contribution in [0.15, 0.2) is 24.3 Å². The van der Waals surface area contributed by atoms with Gasteiger partial charge < -0.3 is 9.64 Å². The number of ether oxygens (including phenoxy) is 1. The number of carbonyl (C=O) groups excluding carboxylic acids is 2. The molecule has 2 heterocycles. The van der Waals surface area contributed by atoms with E-state index in [9.17, 15) is 9.59 Å². The minimum absolute atomic E-state index is 0.0699. The number of likely N-dealkylation sites (tertiary alicyclic amines) is 1. The molecule has 0 aliphatic carbocycles. The number of methoxy groups -OCH3 is 1. The number of nitrogens with zero attached hydrogens (tertiary/aromatic N) is 3. The van der Waals surface area contributed by atoms with Gasteiger partial charge in [0.1, 0.15) is 0 Å². The van der Waals surface area contributed by atoms with Gasteiger partial charge >= 0.3 is 0 Å². The number of amides is 2. The van der Waals surface area contributed by atoms with Gasteiger partial charge in [-0.15, -0.1) is 0 Å². The lowest BCUT2D eigenvalue weighted by atomic mass is 9.95. The van der Waals surface area contributed by atoms with E-state index in [4.69, 9.17) is 4.74 Å². The molecule has 0 saturated carbocycles. The highest BCUT2D eigenvalue weighted by molar-refractivity contribution is 7.22. The Morgan fingerprint density at radius 2 is 2.04 bits per heavy atom. The van der Waals surface area contributed by atoms with Crippen LogP contribution in [0, 0.1) is 5.92 Å². The van der Waals surface area contributed by atoms with E-state index in [0.29, 0.717) is 45.5 Å². The Balaban J connectivity index is 1.71. The molecule has 1 aromatic carbocycles. The normalized spacial score (nSPS) is 15.3. The van der Waals surface area contributed by atoms with Crippen LogP contribution in [-0.4, -0.2) is 55.0 Å². The number of carbonyl (C=O) groups is 2. The number of aromatic nitrogens is 1. The van der Waals surface area contributed by atoms with Crippen molar-refractivity contribution < 1.29 is 14.3 Å². The van der Waals surface area contributed by atoms with Gasteiger partial charge in [0.15, 0.2) is 5.13 Å². The average molecular weight is 390 g/mol. The second kappa shape index (κ2) is 9.28. The lowest BCUT2D eigenvalue weighted by Gasteiger charge is -2.33. The molecular weight excluding hydrogens is 362 g/mol. The fourth-order valence-corrected chi connectivity index (χ4v) is 4.42. The van der Waals surface area contributed by atoms with Crippen LogP contribution in [0.5, 0.6) is 0 Å². The maximum Gasteiger partial charge on any atom is 0.232 e. The first-order valence-electron chi connectivity index (χ1n) is 9.57. The molecule has 27 heavy (non-hydrogen) atoms. The summed E-state index contributed by atoms with van der Waals surface area (Å²) in [5.41, 5.74) is 0.910. The molecule has 1 fully saturated rings. The van der Waals surface area contributed by atoms with Gasteiger partial charge in [0, 0.05) is 32.5 Å². The van der Waals surface area contributed by atoms with Gasteiger partial charge in [-0.1, -0.05) is 30.4 Å². The molecule has 2 aromatic rings. The Bertz CT molecular complexity index is 751. The second-order valence-corrected chi connectivity index (χ2v) is 7.86. The van der Waals surface area contributed by atoms with Gasteiger partial charge in [0.25, 0.3) is 0 Å². The molecule has 3 rings (SSSR count). The first kappa shape index (κ1) is 19.8. The number of benzene rings is 1. The first-order chi connectivity index (χ1) is 13.1. The molecule has 6 nitrogen and oxygen atoms in total. The molecule has 0 radical (unpaired) electrons. The van der Waals surface area contributed by atoms with Crippen LogP contribution in [0.2, 0.25) is 0 Å². The van der Waals surface area contributed by atoms with Crippen LogP contribution in [0.3, 0.4) is 0 Å². The van der Waals surface area contributed by atoms with Crippen LogP contribution < -0.4 is 4.90 Å². The zero-order valence-electron chi connectivity index (χ0n) is 16.0. The van der Waals surface area contributed by atoms with Crippen molar-refractivity contribution in [3.63, 3.8) is 0 Å². The summed E-state index contributed by atoms with van der Waals surface area (Å²) in [4.78, 5) is 33.6. The predicted octanol–water partition coefficient (Wildman–Crippen LogP) is 3.31. The Kier molecular flexibility index (Phi) is 6.79. The fourth-order valence-electron chi connectivity index (χ4n) is 3.43. The zero-order chi connectivity index (χ0) is 19.2. The molecule has 0 N–H and O–H groups in total. The van der Waals surface area contributed by atoms with E-state index < -0.39 is 0 Å². The Labute approximate surface area is 164 Å². The highest BCUT2D eigenvalue weighted by atomic mass is 32.1. The smallest absolute Gasteiger partial charge is 0.232 e. The van der Waals surface area contributed by atoms with Crippen LogP contribution >= 0.6 is 11.3 Å². The zero-order valence-corrected chi connectivity index (χ0v) is 16.8. The van der Waals surface area contributed by atoms with Crippen LogP contribution in [0.25, 0.3) is 10.2 Å². The van der Waals surface area contributed by atoms with E-state index in [1.807, 2.05) is 36.1 Å². The lowest BCUT2D eigenvalue weighted by Crippen LogP contribution is -2.45. The van der Waals surface area contributed by atoms with Crippen molar-refractivity contribution in [1.82, 2.24) is 9.88 Å². The lowest BCUT2D eigenvalue weighted by molar-refractivity contribution is -0.135. The summed E-state index contributed by atoms with van der Waals surface area (Å²) in [5.74, 6) is 0.221. The molecule has 146 valence electrons. The average Bonchev–Trinajstić information content (AvgIpc) is 3.12. The molecule has 0 spiro atoms. The topological polar surface area (TPSA) is 62.7 Å². The summed E-state index contributed by atoms with van der Waals surface area (Å²) in [7, 11) is 1.64. The van der Waals surface area contributed by atoms with Crippen LogP contribution in [-0.2, 0) is 14.3 Å². The third-order valence-corrected chi connectivity index (χ3v) is 6.02. The van der Waals surface area contributed by atoms with E-state index in [2.05, 4.69) is 4.98 Å². The van der Waals surface area contributed by atoms with Crippen molar-refractivity contribution in [2.45, 2.75) is 32.6 Å². The number of hydrogen-bond acceptors (Lipinski definition) is 5. The molecular formula is C20H27N3O3S. The quantitative estimate of drug-likeness (QED) is 0.729. The number of fused-ring (bicyclic) bond motifs is 1. The van der Waals surface area contributed by atoms with E-state index in [-0.39, 0.29) is 17.7 Å². The summed E-state index contributed by atoms with van der Waals surface area (Å²) in [6, 6.07) is 7.92. The van der Waals surface area contributed by atoms with E-state index in [1.54, 1.807) is 12.0 Å². The van der Waals surface area contributed by atoms with Gasteiger partial charge in [-0.2, -0.15) is 0 Å². The predicted molar refractivity (Wildman–Crippen MR) is 108 cm³/mol. The molecule has 1 aliphatic heterocycles. The van der Waals surface area contributed by atoms with E-state index >= 15 is 0 Å². The maximum atomic E-state index is 13.2. The Morgan fingerprint density at radius 1 is 1.30 bits per heavy atom. The number of anilines is 1. The third-order valence-electron chi connectivity index (χ3n) is 4.96. The number of rotatable bonds is 7. The first-order valence-corrected chi connectivity index (χ1v) is 10.4. The van der Waals surface area contributed by atoms with Gasteiger partial charge in [-0.05, 0) is 31.4 Å². The second-order valence-electron chi connectivity index (χ2n) is 6.85. The summed E-state index contributed by atoms with van der Waals surface area (Å²) >= 11 is 1.53. The number of hydrogen-bond donors (Lipinski definition) is 0. The molecule has 1 saturated heterocycles. The Hall–Kier alpha value is -1.99. The van der Waals surface area contributed by atoms with E-state index in [1.165, 1.54) is 11.3 Å². The maximum absolute atomic E-state index is 13.2. The molecule has 7 heteroatoms. The molecule has 1 aromatic heterocycles. The van der Waals surface area contributed by atoms with Crippen LogP contribution in [0.1, 0.15) is 32.6 Å². The third kappa shape index (κ3) is 4.65. The monoisotopic (exact) mass is 389 g/mol. The largest absolute Gasteiger partial charge is 0.383 e. The van der Waals surface area contributed by atoms with Crippen molar-refractivity contribution in [1.29, 1.82) is 0 Å². The fraction of sp³-hybridized carbons (Fsp3) is 0.550. The summed E-state index contributed by atoms with van der Waals surface area (Å²) < 4.78 is 6.28. The summed E-state index contributed by atoms with van der Waals surface area (Å²) in [6.45, 7) is 4.29. The SMILES string of the molecule is CCCC(=O)N1CCC(C(=O)N(CCOC)c2nc3ccccc3s2)CC1. The molecule has 1 aliphatic rings. The number of para-hydroxylation sites is 1. The number of piperidine rings is 1. The van der Waals surface area contributed by atoms with Crippen molar-refractivity contribution in [3.05, 3.63) is 24.3 Å². The van der Waals surface area contributed by atoms with Crippen molar-refractivity contribution in [2.75, 3.05) is 38.3 Å². The van der Waals surface area contributed by atoms with Crippen molar-refractivity contribution >= 4 is 38.5 Å². The minimum atomic E-state index is -0.0699. The van der Waals surface area contributed by atoms with Crippen LogP contribution in [0.4, 0.5) is 5.13 Å². The molecule has 0 bridgehead atoms. The van der Waals surface area contributed by atoms with Gasteiger partial charge in [0.2, 0.25) is 11.8 Å². The molecule has 2 amide bonds. The van der Waals surface area contributed by atoms with Crippen molar-refractivity contribution in [3.8, 4) is 0 Å². The van der Waals surface area contributed by atoms with Gasteiger partial charge in [0.05, 0.1) is 23.4 Å². The Morgan fingerprint density at radius 3 is 2.70 bits per heavy atom. The standard InChI is InChI=1S/C20H27N3O3S/c1-3-6-18(24)22-11-9-15(10-12-22)19(25)23(13-14-26-2)20-21-16-7-4-5-8-17(16)27-20/h4-5,7-8,15H,3,6,9-14H2,1-2H3. The molecule has 0 atom stereocenters. The van der Waals surface area contributed by atoms with Gasteiger partial charge in [-0.25, -0.2) is 4.98 Å². The highest BCUT2D eigenvalue weighted by Crippen LogP contribution is 2.31. The number of thiazole rings is 1. The highest BCUT2D eigenvalue weighted by Gasteiger charge is 2.31. The summed E-state index contributed by atoms with van der Waals surface area (Å²) in [6.07, 6.45) is 2.87. The van der Waals surface area contributed by atoms with E-state index in [0.717, 1.165) is 21.8 Å². The molecule has 0 unspecified atom stereocenters. The summed E-state index contributed by atoms with van der Waals surface area (Å²) in [5, 5.41) is 0.725. The minimum Gasteiger partial charge on any atom is -0.383 e.